The van der Waals surface area contributed by atoms with Gasteiger partial charge in [-0.2, -0.15) is 12.6 Å². The Morgan fingerprint density at radius 1 is 1.67 bits per heavy atom. The first kappa shape index (κ1) is 10.7. The van der Waals surface area contributed by atoms with Crippen molar-refractivity contribution in [3.63, 3.8) is 0 Å². The number of hydrogen-bond donors (Lipinski definition) is 1. The van der Waals surface area contributed by atoms with E-state index in [2.05, 4.69) is 22.6 Å². The molecule has 0 aliphatic carbocycles. The first-order valence-electron chi connectivity index (χ1n) is 4.60. The number of amides is 1. The third kappa shape index (κ3) is 2.23. The first-order chi connectivity index (χ1) is 7.20. The highest BCUT2D eigenvalue weighted by Crippen LogP contribution is 2.24. The van der Waals surface area contributed by atoms with E-state index >= 15 is 0 Å². The number of hydrogen-bond acceptors (Lipinski definition) is 4. The maximum Gasteiger partial charge on any atom is 0.228 e. The van der Waals surface area contributed by atoms with Crippen LogP contribution in [0.5, 0.6) is 0 Å². The van der Waals surface area contributed by atoms with Crippen LogP contribution in [0.4, 0.5) is 5.82 Å². The van der Waals surface area contributed by atoms with Crippen LogP contribution >= 0.6 is 24.2 Å². The maximum atomic E-state index is 11.6. The number of rotatable bonds is 2. The van der Waals surface area contributed by atoms with Gasteiger partial charge in [0.05, 0.1) is 0 Å². The minimum absolute atomic E-state index is 0.0730. The highest BCUT2D eigenvalue weighted by atomic mass is 35.5. The summed E-state index contributed by atoms with van der Waals surface area (Å²) in [5, 5.41) is 0.162. The molecule has 1 unspecified atom stereocenters. The van der Waals surface area contributed by atoms with Gasteiger partial charge in [-0.05, 0) is 29.3 Å². The fraction of sp³-hybridized carbons (Fsp3) is 0.444. The van der Waals surface area contributed by atoms with E-state index in [1.54, 1.807) is 17.2 Å². The number of anilines is 1. The number of carbonyl (C=O) groups is 1. The van der Waals surface area contributed by atoms with Crippen molar-refractivity contribution in [2.45, 2.75) is 6.42 Å². The van der Waals surface area contributed by atoms with E-state index in [0.717, 1.165) is 0 Å². The molecule has 1 amide bonds. The quantitative estimate of drug-likeness (QED) is 0.631. The van der Waals surface area contributed by atoms with Crippen LogP contribution < -0.4 is 4.90 Å². The molecule has 0 bridgehead atoms. The van der Waals surface area contributed by atoms with E-state index in [1.165, 1.54) is 0 Å². The number of thiol groups is 1. The number of aromatic nitrogens is 2. The van der Waals surface area contributed by atoms with Gasteiger partial charge >= 0.3 is 0 Å². The molecule has 1 aliphatic rings. The second-order valence-corrected chi connectivity index (χ2v) is 4.14. The molecule has 0 radical (unpaired) electrons. The van der Waals surface area contributed by atoms with Crippen molar-refractivity contribution in [2.24, 2.45) is 5.92 Å². The van der Waals surface area contributed by atoms with Crippen LogP contribution in [-0.2, 0) is 4.79 Å². The standard InChI is InChI=1S/C9H10ClN3OS/c10-9-11-2-1-7(12-9)13-4-6(5-15)3-8(13)14/h1-2,6,15H,3-5H2. The minimum Gasteiger partial charge on any atom is -0.296 e. The summed E-state index contributed by atoms with van der Waals surface area (Å²) in [6.45, 7) is 0.662. The molecular formula is C9H10ClN3OS. The van der Waals surface area contributed by atoms with Crippen molar-refractivity contribution in [1.29, 1.82) is 0 Å². The van der Waals surface area contributed by atoms with E-state index in [0.29, 0.717) is 30.5 Å². The van der Waals surface area contributed by atoms with Crippen LogP contribution in [0.3, 0.4) is 0 Å². The van der Waals surface area contributed by atoms with Crippen molar-refractivity contribution in [1.82, 2.24) is 9.97 Å². The van der Waals surface area contributed by atoms with Crippen LogP contribution in [-0.4, -0.2) is 28.2 Å². The Balaban J connectivity index is 2.21. The van der Waals surface area contributed by atoms with Gasteiger partial charge in [-0.1, -0.05) is 0 Å². The molecule has 1 fully saturated rings. The van der Waals surface area contributed by atoms with Gasteiger partial charge in [0.25, 0.3) is 0 Å². The molecule has 2 heterocycles. The van der Waals surface area contributed by atoms with Crippen LogP contribution in [0.15, 0.2) is 12.3 Å². The normalized spacial score (nSPS) is 21.1. The lowest BCUT2D eigenvalue weighted by atomic mass is 10.1. The molecular weight excluding hydrogens is 234 g/mol. The molecule has 4 nitrogen and oxygen atoms in total. The molecule has 1 saturated heterocycles. The Morgan fingerprint density at radius 3 is 3.07 bits per heavy atom. The van der Waals surface area contributed by atoms with Crippen molar-refractivity contribution >= 4 is 36.0 Å². The number of carbonyl (C=O) groups excluding carboxylic acids is 1. The highest BCUT2D eigenvalue weighted by Gasteiger charge is 2.30. The van der Waals surface area contributed by atoms with Crippen LogP contribution in [0, 0.1) is 5.92 Å². The predicted molar refractivity (Wildman–Crippen MR) is 61.4 cm³/mol. The molecule has 0 N–H and O–H groups in total. The van der Waals surface area contributed by atoms with E-state index in [9.17, 15) is 4.79 Å². The summed E-state index contributed by atoms with van der Waals surface area (Å²) in [6.07, 6.45) is 2.08. The summed E-state index contributed by atoms with van der Waals surface area (Å²) < 4.78 is 0. The Morgan fingerprint density at radius 2 is 2.47 bits per heavy atom. The fourth-order valence-corrected chi connectivity index (χ4v) is 1.99. The van der Waals surface area contributed by atoms with Crippen LogP contribution in [0.25, 0.3) is 0 Å². The molecule has 1 aromatic heterocycles. The Kier molecular flexibility index (Phi) is 3.11. The fourth-order valence-electron chi connectivity index (χ4n) is 1.60. The Bertz CT molecular complexity index is 387. The zero-order valence-electron chi connectivity index (χ0n) is 7.93. The SMILES string of the molecule is O=C1CC(CS)CN1c1ccnc(Cl)n1. The van der Waals surface area contributed by atoms with Gasteiger partial charge in [0.1, 0.15) is 5.82 Å². The lowest BCUT2D eigenvalue weighted by Gasteiger charge is -2.14. The van der Waals surface area contributed by atoms with Crippen molar-refractivity contribution < 1.29 is 4.79 Å². The first-order valence-corrected chi connectivity index (χ1v) is 5.61. The van der Waals surface area contributed by atoms with Crippen molar-refractivity contribution in [3.05, 3.63) is 17.5 Å². The summed E-state index contributed by atoms with van der Waals surface area (Å²) in [5.74, 6) is 1.66. The summed E-state index contributed by atoms with van der Waals surface area (Å²) in [4.78, 5) is 21.1. The molecule has 1 aliphatic heterocycles. The van der Waals surface area contributed by atoms with E-state index in [4.69, 9.17) is 11.6 Å². The zero-order chi connectivity index (χ0) is 10.8. The van der Waals surface area contributed by atoms with Crippen molar-refractivity contribution in [3.8, 4) is 0 Å². The molecule has 6 heteroatoms. The third-order valence-electron chi connectivity index (χ3n) is 2.35. The van der Waals surface area contributed by atoms with Crippen LogP contribution in [0.1, 0.15) is 6.42 Å². The van der Waals surface area contributed by atoms with E-state index < -0.39 is 0 Å². The summed E-state index contributed by atoms with van der Waals surface area (Å²) >= 11 is 9.86. The van der Waals surface area contributed by atoms with Gasteiger partial charge in [0.15, 0.2) is 0 Å². The molecule has 0 saturated carbocycles. The summed E-state index contributed by atoms with van der Waals surface area (Å²) in [6, 6.07) is 1.69. The van der Waals surface area contributed by atoms with Gasteiger partial charge in [0.2, 0.25) is 11.2 Å². The number of nitrogens with zero attached hydrogens (tertiary/aromatic N) is 3. The maximum absolute atomic E-state index is 11.6. The Hall–Kier alpha value is -0.810. The average molecular weight is 244 g/mol. The molecule has 15 heavy (non-hydrogen) atoms. The molecule has 1 aromatic rings. The smallest absolute Gasteiger partial charge is 0.228 e. The lowest BCUT2D eigenvalue weighted by molar-refractivity contribution is -0.117. The monoisotopic (exact) mass is 243 g/mol. The summed E-state index contributed by atoms with van der Waals surface area (Å²) in [5.41, 5.74) is 0. The van der Waals surface area contributed by atoms with Gasteiger partial charge in [0, 0.05) is 19.2 Å². The van der Waals surface area contributed by atoms with Gasteiger partial charge in [-0.3, -0.25) is 9.69 Å². The topological polar surface area (TPSA) is 46.1 Å². The predicted octanol–water partition coefficient (Wildman–Crippen LogP) is 1.41. The molecule has 0 aromatic carbocycles. The summed E-state index contributed by atoms with van der Waals surface area (Å²) in [7, 11) is 0. The second kappa shape index (κ2) is 4.37. The minimum atomic E-state index is 0.0730. The van der Waals surface area contributed by atoms with Crippen LogP contribution in [0.2, 0.25) is 5.28 Å². The highest BCUT2D eigenvalue weighted by molar-refractivity contribution is 7.80. The number of halogens is 1. The van der Waals surface area contributed by atoms with Gasteiger partial charge in [-0.25, -0.2) is 9.97 Å². The van der Waals surface area contributed by atoms with E-state index in [-0.39, 0.29) is 11.2 Å². The second-order valence-electron chi connectivity index (χ2n) is 3.44. The molecule has 1 atom stereocenters. The average Bonchev–Trinajstić information content (AvgIpc) is 2.60. The molecule has 80 valence electrons. The van der Waals surface area contributed by atoms with Crippen molar-refractivity contribution in [2.75, 3.05) is 17.2 Å². The Labute approximate surface area is 98.1 Å². The molecule has 0 spiro atoms. The zero-order valence-corrected chi connectivity index (χ0v) is 9.58. The third-order valence-corrected chi connectivity index (χ3v) is 3.05. The van der Waals surface area contributed by atoms with Gasteiger partial charge in [-0.15, -0.1) is 0 Å². The largest absolute Gasteiger partial charge is 0.296 e. The van der Waals surface area contributed by atoms with Gasteiger partial charge < -0.3 is 0 Å². The molecule has 2 rings (SSSR count). The van der Waals surface area contributed by atoms with E-state index in [1.807, 2.05) is 0 Å². The lowest BCUT2D eigenvalue weighted by Crippen LogP contribution is -2.25.